The molecule has 0 aromatic carbocycles. The number of nitrogens with zero attached hydrogens (tertiary/aromatic N) is 4. The minimum Gasteiger partial charge on any atom is -0.330 e. The maximum absolute atomic E-state index is 5.84. The first-order chi connectivity index (χ1) is 11.4. The second-order valence-corrected chi connectivity index (χ2v) is 5.98. The number of aromatic nitrogens is 4. The average molecular weight is 321 g/mol. The van der Waals surface area contributed by atoms with Crippen LogP contribution in [-0.2, 0) is 6.42 Å². The maximum Gasteiger partial charge on any atom is 0.195 e. The highest BCUT2D eigenvalue weighted by Crippen LogP contribution is 2.32. The Balaban J connectivity index is 1.97. The van der Waals surface area contributed by atoms with Gasteiger partial charge in [0.25, 0.3) is 0 Å². The van der Waals surface area contributed by atoms with Gasteiger partial charge < -0.3 is 5.73 Å². The first-order valence-corrected chi connectivity index (χ1v) is 8.27. The monoisotopic (exact) mass is 321 g/mol. The van der Waals surface area contributed by atoms with Crippen molar-refractivity contribution >= 4 is 16.3 Å². The zero-order chi connectivity index (χ0) is 15.6. The molecule has 2 N–H and O–H groups in total. The maximum atomic E-state index is 5.84. The molecule has 6 heteroatoms. The van der Waals surface area contributed by atoms with Crippen molar-refractivity contribution in [1.29, 1.82) is 0 Å². The van der Waals surface area contributed by atoms with Gasteiger partial charge in [-0.2, -0.15) is 0 Å². The molecule has 23 heavy (non-hydrogen) atoms. The molecule has 0 radical (unpaired) electrons. The molecule has 4 aromatic rings. The van der Waals surface area contributed by atoms with Crippen molar-refractivity contribution in [3.63, 3.8) is 0 Å². The minimum absolute atomic E-state index is 0.565. The van der Waals surface area contributed by atoms with Crippen LogP contribution in [0.3, 0.4) is 0 Å². The fraction of sp³-hybridized carbons (Fsp3) is 0.118. The Hall–Kier alpha value is -2.57. The highest BCUT2D eigenvalue weighted by molar-refractivity contribution is 7.15. The van der Waals surface area contributed by atoms with Crippen LogP contribution in [0.1, 0.15) is 5.69 Å². The van der Waals surface area contributed by atoms with E-state index in [9.17, 15) is 0 Å². The molecule has 0 amide bonds. The second-order valence-electron chi connectivity index (χ2n) is 5.14. The van der Waals surface area contributed by atoms with Crippen LogP contribution in [0.5, 0.6) is 0 Å². The summed E-state index contributed by atoms with van der Waals surface area (Å²) in [6, 6.07) is 9.87. The van der Waals surface area contributed by atoms with E-state index in [1.807, 2.05) is 30.5 Å². The van der Waals surface area contributed by atoms with Gasteiger partial charge in [-0.3, -0.25) is 14.4 Å². The molecular weight excluding hydrogens is 306 g/mol. The van der Waals surface area contributed by atoms with E-state index in [1.54, 1.807) is 23.7 Å². The van der Waals surface area contributed by atoms with Crippen molar-refractivity contribution in [2.75, 3.05) is 6.54 Å². The molecular formula is C17H15N5S. The first-order valence-electron chi connectivity index (χ1n) is 7.39. The third-order valence-corrected chi connectivity index (χ3v) is 4.53. The Labute approximate surface area is 137 Å². The van der Waals surface area contributed by atoms with Crippen molar-refractivity contribution in [2.45, 2.75) is 6.42 Å². The molecule has 114 valence electrons. The summed E-state index contributed by atoms with van der Waals surface area (Å²) in [6.45, 7) is 0.565. The van der Waals surface area contributed by atoms with Crippen molar-refractivity contribution in [3.05, 3.63) is 60.0 Å². The molecule has 0 atom stereocenters. The Kier molecular flexibility index (Phi) is 3.61. The molecule has 4 heterocycles. The summed E-state index contributed by atoms with van der Waals surface area (Å²) in [4.78, 5) is 14.4. The van der Waals surface area contributed by atoms with Crippen LogP contribution < -0.4 is 5.73 Å². The normalized spacial score (nSPS) is 11.2. The SMILES string of the molecule is NCCc1c(-c2ccccn2)nc2scc(-c3cccnc3)n12. The summed E-state index contributed by atoms with van der Waals surface area (Å²) in [7, 11) is 0. The number of pyridine rings is 2. The van der Waals surface area contributed by atoms with Crippen LogP contribution >= 0.6 is 11.3 Å². The number of rotatable bonds is 4. The lowest BCUT2D eigenvalue weighted by molar-refractivity contribution is 0.912. The molecule has 0 aliphatic rings. The van der Waals surface area contributed by atoms with Gasteiger partial charge in [-0.1, -0.05) is 6.07 Å². The van der Waals surface area contributed by atoms with E-state index in [1.165, 1.54) is 0 Å². The lowest BCUT2D eigenvalue weighted by atomic mass is 10.1. The van der Waals surface area contributed by atoms with Gasteiger partial charge in [-0.25, -0.2) is 4.98 Å². The molecule has 0 saturated heterocycles. The largest absolute Gasteiger partial charge is 0.330 e. The molecule has 0 bridgehead atoms. The molecule has 0 aliphatic heterocycles. The van der Waals surface area contributed by atoms with Gasteiger partial charge in [-0.05, 0) is 30.8 Å². The quantitative estimate of drug-likeness (QED) is 0.627. The summed E-state index contributed by atoms with van der Waals surface area (Å²) in [5.74, 6) is 0. The fourth-order valence-electron chi connectivity index (χ4n) is 2.71. The van der Waals surface area contributed by atoms with Gasteiger partial charge >= 0.3 is 0 Å². The topological polar surface area (TPSA) is 69.1 Å². The molecule has 5 nitrogen and oxygen atoms in total. The molecule has 0 fully saturated rings. The number of thiazole rings is 1. The van der Waals surface area contributed by atoms with Gasteiger partial charge in [-0.15, -0.1) is 11.3 Å². The van der Waals surface area contributed by atoms with E-state index in [0.29, 0.717) is 6.54 Å². The number of nitrogens with two attached hydrogens (primary N) is 1. The van der Waals surface area contributed by atoms with Crippen LogP contribution in [0.25, 0.3) is 27.6 Å². The standard InChI is InChI=1S/C17H15N5S/c18-7-6-14-16(13-5-1-2-9-20-13)21-17-22(14)15(11-23-17)12-4-3-8-19-10-12/h1-5,8-11H,6-7,18H2. The van der Waals surface area contributed by atoms with Crippen molar-refractivity contribution in [2.24, 2.45) is 5.73 Å². The Morgan fingerprint density at radius 3 is 2.83 bits per heavy atom. The van der Waals surface area contributed by atoms with Gasteiger partial charge in [0.05, 0.1) is 17.1 Å². The summed E-state index contributed by atoms with van der Waals surface area (Å²) < 4.78 is 2.18. The van der Waals surface area contributed by atoms with Crippen LogP contribution in [0.2, 0.25) is 0 Å². The van der Waals surface area contributed by atoms with Crippen LogP contribution in [0.15, 0.2) is 54.3 Å². The van der Waals surface area contributed by atoms with Crippen LogP contribution in [0.4, 0.5) is 0 Å². The smallest absolute Gasteiger partial charge is 0.195 e. The summed E-state index contributed by atoms with van der Waals surface area (Å²) in [5, 5.41) is 2.11. The van der Waals surface area contributed by atoms with E-state index >= 15 is 0 Å². The van der Waals surface area contributed by atoms with Gasteiger partial charge in [0.15, 0.2) is 4.96 Å². The highest BCUT2D eigenvalue weighted by atomic mass is 32.1. The zero-order valence-corrected chi connectivity index (χ0v) is 13.2. The zero-order valence-electron chi connectivity index (χ0n) is 12.4. The van der Waals surface area contributed by atoms with E-state index in [2.05, 4.69) is 25.8 Å². The van der Waals surface area contributed by atoms with Crippen LogP contribution in [0, 0.1) is 0 Å². The molecule has 0 unspecified atom stereocenters. The van der Waals surface area contributed by atoms with E-state index in [-0.39, 0.29) is 0 Å². The minimum atomic E-state index is 0.565. The average Bonchev–Trinajstić information content (AvgIpc) is 3.17. The van der Waals surface area contributed by atoms with Crippen LogP contribution in [-0.4, -0.2) is 25.9 Å². The van der Waals surface area contributed by atoms with E-state index in [0.717, 1.165) is 39.7 Å². The van der Waals surface area contributed by atoms with Gasteiger partial charge in [0.1, 0.15) is 5.69 Å². The Morgan fingerprint density at radius 1 is 1.13 bits per heavy atom. The predicted octanol–water partition coefficient (Wildman–Crippen LogP) is 3.02. The summed E-state index contributed by atoms with van der Waals surface area (Å²) >= 11 is 1.62. The van der Waals surface area contributed by atoms with Gasteiger partial charge in [0, 0.05) is 36.0 Å². The first kappa shape index (κ1) is 14.0. The van der Waals surface area contributed by atoms with Crippen molar-refractivity contribution in [1.82, 2.24) is 19.4 Å². The summed E-state index contributed by atoms with van der Waals surface area (Å²) in [6.07, 6.45) is 6.18. The predicted molar refractivity (Wildman–Crippen MR) is 92.3 cm³/mol. The third-order valence-electron chi connectivity index (χ3n) is 3.70. The number of fused-ring (bicyclic) bond motifs is 1. The Morgan fingerprint density at radius 2 is 2.09 bits per heavy atom. The molecule has 4 rings (SSSR count). The number of hydrogen-bond acceptors (Lipinski definition) is 5. The lowest BCUT2D eigenvalue weighted by Crippen LogP contribution is -2.07. The number of hydrogen-bond donors (Lipinski definition) is 1. The van der Waals surface area contributed by atoms with Crippen molar-refractivity contribution < 1.29 is 0 Å². The van der Waals surface area contributed by atoms with Crippen molar-refractivity contribution in [3.8, 4) is 22.6 Å². The second kappa shape index (κ2) is 5.91. The lowest BCUT2D eigenvalue weighted by Gasteiger charge is -2.06. The molecule has 0 spiro atoms. The molecule has 0 saturated carbocycles. The van der Waals surface area contributed by atoms with E-state index < -0.39 is 0 Å². The summed E-state index contributed by atoms with van der Waals surface area (Å²) in [5.41, 5.74) is 10.9. The molecule has 0 aliphatic carbocycles. The third kappa shape index (κ3) is 2.42. The molecule has 4 aromatic heterocycles. The van der Waals surface area contributed by atoms with E-state index in [4.69, 9.17) is 10.7 Å². The number of imidazole rings is 1. The van der Waals surface area contributed by atoms with Gasteiger partial charge in [0.2, 0.25) is 0 Å². The fourth-order valence-corrected chi connectivity index (χ4v) is 3.62. The highest BCUT2D eigenvalue weighted by Gasteiger charge is 2.18. The Bertz CT molecular complexity index is 928.